The van der Waals surface area contributed by atoms with Crippen LogP contribution in [0.4, 0.5) is 0 Å². The molecule has 0 spiro atoms. The molecule has 2 N–H and O–H groups in total. The topological polar surface area (TPSA) is 69.4 Å². The maximum atomic E-state index is 12.2. The smallest absolute Gasteiger partial charge is 0.323 e. The van der Waals surface area contributed by atoms with E-state index in [9.17, 15) is 9.59 Å². The molecule has 4 heteroatoms. The molecule has 1 rings (SSSR count). The molecule has 0 saturated heterocycles. The molecule has 4 nitrogen and oxygen atoms in total. The summed E-state index contributed by atoms with van der Waals surface area (Å²) in [5.74, 6) is -0.684. The minimum Gasteiger partial charge on any atom is -0.459 e. The summed E-state index contributed by atoms with van der Waals surface area (Å²) in [6, 6.07) is 4.66. The molecule has 0 aliphatic carbocycles. The van der Waals surface area contributed by atoms with Crippen LogP contribution in [0.1, 0.15) is 48.7 Å². The Morgan fingerprint density at radius 1 is 1.25 bits per heavy atom. The number of hydrogen-bond donors (Lipinski definition) is 1. The second-order valence-electron chi connectivity index (χ2n) is 6.09. The number of ether oxygens (including phenoxy) is 1. The van der Waals surface area contributed by atoms with Crippen molar-refractivity contribution < 1.29 is 14.3 Å². The van der Waals surface area contributed by atoms with E-state index in [1.807, 2.05) is 26.0 Å². The summed E-state index contributed by atoms with van der Waals surface area (Å²) in [5, 5.41) is 0. The summed E-state index contributed by atoms with van der Waals surface area (Å²) in [6.45, 7) is 9.14. The first-order valence-electron chi connectivity index (χ1n) is 6.69. The van der Waals surface area contributed by atoms with E-state index >= 15 is 0 Å². The number of benzene rings is 1. The summed E-state index contributed by atoms with van der Waals surface area (Å²) < 4.78 is 5.17. The largest absolute Gasteiger partial charge is 0.459 e. The number of rotatable bonds is 4. The third-order valence-corrected chi connectivity index (χ3v) is 2.80. The molecular weight excluding hydrogens is 254 g/mol. The Hall–Kier alpha value is -1.68. The Labute approximate surface area is 120 Å². The zero-order valence-corrected chi connectivity index (χ0v) is 12.8. The van der Waals surface area contributed by atoms with Crippen LogP contribution in [0, 0.1) is 13.8 Å². The molecule has 0 radical (unpaired) electrons. The summed E-state index contributed by atoms with van der Waals surface area (Å²) >= 11 is 0. The molecule has 1 aromatic carbocycles. The van der Waals surface area contributed by atoms with Gasteiger partial charge < -0.3 is 10.5 Å². The molecule has 0 fully saturated rings. The van der Waals surface area contributed by atoms with E-state index in [4.69, 9.17) is 10.5 Å². The van der Waals surface area contributed by atoms with Crippen LogP contribution < -0.4 is 5.73 Å². The van der Waals surface area contributed by atoms with Gasteiger partial charge in [0, 0.05) is 12.0 Å². The van der Waals surface area contributed by atoms with Crippen LogP contribution in [0.2, 0.25) is 0 Å². The summed E-state index contributed by atoms with van der Waals surface area (Å²) in [6.07, 6.45) is -0.0428. The number of carbonyl (C=O) groups excluding carboxylic acids is 2. The number of ketones is 1. The molecule has 0 aliphatic rings. The highest BCUT2D eigenvalue weighted by atomic mass is 16.6. The SMILES string of the molecule is Cc1ccc(C(=O)CC(N)C(=O)OC(C)(C)C)c(C)c1. The standard InChI is InChI=1S/C16H23NO3/c1-10-6-7-12(11(2)8-10)14(18)9-13(17)15(19)20-16(3,4)5/h6-8,13H,9,17H2,1-5H3. The van der Waals surface area contributed by atoms with Crippen molar-refractivity contribution >= 4 is 11.8 Å². The van der Waals surface area contributed by atoms with Gasteiger partial charge in [-0.25, -0.2) is 0 Å². The van der Waals surface area contributed by atoms with Crippen molar-refractivity contribution in [1.29, 1.82) is 0 Å². The van der Waals surface area contributed by atoms with Gasteiger partial charge in [-0.2, -0.15) is 0 Å². The normalized spacial score (nSPS) is 12.9. The van der Waals surface area contributed by atoms with Gasteiger partial charge in [-0.05, 0) is 40.2 Å². The second kappa shape index (κ2) is 6.18. The van der Waals surface area contributed by atoms with E-state index in [1.54, 1.807) is 26.8 Å². The predicted octanol–water partition coefficient (Wildman–Crippen LogP) is 2.55. The van der Waals surface area contributed by atoms with Crippen LogP contribution in [0.5, 0.6) is 0 Å². The van der Waals surface area contributed by atoms with E-state index in [0.717, 1.165) is 11.1 Å². The third kappa shape index (κ3) is 4.78. The Balaban J connectivity index is 2.73. The number of nitrogens with two attached hydrogens (primary N) is 1. The molecule has 1 aromatic rings. The average Bonchev–Trinajstić information content (AvgIpc) is 2.26. The van der Waals surface area contributed by atoms with E-state index < -0.39 is 17.6 Å². The van der Waals surface area contributed by atoms with Gasteiger partial charge in [-0.3, -0.25) is 9.59 Å². The van der Waals surface area contributed by atoms with Crippen molar-refractivity contribution in [2.45, 2.75) is 52.7 Å². The lowest BCUT2D eigenvalue weighted by atomic mass is 9.98. The predicted molar refractivity (Wildman–Crippen MR) is 78.7 cm³/mol. The maximum Gasteiger partial charge on any atom is 0.323 e. The summed E-state index contributed by atoms with van der Waals surface area (Å²) in [4.78, 5) is 23.9. The molecule has 0 heterocycles. The van der Waals surface area contributed by atoms with Gasteiger partial charge in [-0.15, -0.1) is 0 Å². The fraction of sp³-hybridized carbons (Fsp3) is 0.500. The van der Waals surface area contributed by atoms with Gasteiger partial charge in [0.1, 0.15) is 11.6 Å². The monoisotopic (exact) mass is 277 g/mol. The Kier molecular flexibility index (Phi) is 5.06. The van der Waals surface area contributed by atoms with Crippen molar-refractivity contribution in [3.05, 3.63) is 34.9 Å². The van der Waals surface area contributed by atoms with E-state index in [2.05, 4.69) is 0 Å². The fourth-order valence-electron chi connectivity index (χ4n) is 1.90. The molecule has 1 unspecified atom stereocenters. The van der Waals surface area contributed by atoms with Crippen molar-refractivity contribution in [3.8, 4) is 0 Å². The Morgan fingerprint density at radius 2 is 1.85 bits per heavy atom. The van der Waals surface area contributed by atoms with Crippen molar-refractivity contribution in [3.63, 3.8) is 0 Å². The molecule has 1 atom stereocenters. The number of aryl methyl sites for hydroxylation is 2. The molecule has 0 aliphatic heterocycles. The lowest BCUT2D eigenvalue weighted by Crippen LogP contribution is -2.38. The number of carbonyl (C=O) groups is 2. The quantitative estimate of drug-likeness (QED) is 0.678. The van der Waals surface area contributed by atoms with Crippen LogP contribution >= 0.6 is 0 Å². The fourth-order valence-corrected chi connectivity index (χ4v) is 1.90. The first kappa shape index (κ1) is 16.4. The first-order chi connectivity index (χ1) is 9.10. The van der Waals surface area contributed by atoms with Crippen LogP contribution in [0.3, 0.4) is 0 Å². The number of esters is 1. The van der Waals surface area contributed by atoms with Gasteiger partial charge in [0.2, 0.25) is 0 Å². The highest BCUT2D eigenvalue weighted by Crippen LogP contribution is 2.15. The number of Topliss-reactive ketones (excluding diaryl/α,β-unsaturated/α-hetero) is 1. The van der Waals surface area contributed by atoms with Crippen LogP contribution in [-0.4, -0.2) is 23.4 Å². The highest BCUT2D eigenvalue weighted by Gasteiger charge is 2.25. The van der Waals surface area contributed by atoms with Gasteiger partial charge in [0.15, 0.2) is 5.78 Å². The summed E-state index contributed by atoms with van der Waals surface area (Å²) in [5.41, 5.74) is 7.74. The lowest BCUT2D eigenvalue weighted by molar-refractivity contribution is -0.156. The van der Waals surface area contributed by atoms with E-state index in [-0.39, 0.29) is 12.2 Å². The zero-order valence-electron chi connectivity index (χ0n) is 12.8. The molecule has 0 aromatic heterocycles. The van der Waals surface area contributed by atoms with Gasteiger partial charge in [-0.1, -0.05) is 23.8 Å². The van der Waals surface area contributed by atoms with Crippen LogP contribution in [0.25, 0.3) is 0 Å². The third-order valence-electron chi connectivity index (χ3n) is 2.80. The van der Waals surface area contributed by atoms with E-state index in [1.165, 1.54) is 0 Å². The Bertz CT molecular complexity index is 515. The van der Waals surface area contributed by atoms with Gasteiger partial charge in [0.25, 0.3) is 0 Å². The molecular formula is C16H23NO3. The maximum absolute atomic E-state index is 12.2. The van der Waals surface area contributed by atoms with Crippen molar-refractivity contribution in [1.82, 2.24) is 0 Å². The Morgan fingerprint density at radius 3 is 2.35 bits per heavy atom. The lowest BCUT2D eigenvalue weighted by Gasteiger charge is -2.22. The minimum absolute atomic E-state index is 0.0428. The molecule has 110 valence electrons. The minimum atomic E-state index is -0.928. The van der Waals surface area contributed by atoms with Crippen LogP contribution in [-0.2, 0) is 9.53 Å². The van der Waals surface area contributed by atoms with Gasteiger partial charge in [0.05, 0.1) is 0 Å². The summed E-state index contributed by atoms with van der Waals surface area (Å²) in [7, 11) is 0. The molecule has 0 saturated carbocycles. The van der Waals surface area contributed by atoms with E-state index in [0.29, 0.717) is 5.56 Å². The highest BCUT2D eigenvalue weighted by molar-refractivity contribution is 6.00. The molecule has 0 bridgehead atoms. The van der Waals surface area contributed by atoms with Crippen molar-refractivity contribution in [2.24, 2.45) is 5.73 Å². The molecule has 0 amide bonds. The average molecular weight is 277 g/mol. The zero-order chi connectivity index (χ0) is 15.5. The molecule has 20 heavy (non-hydrogen) atoms. The first-order valence-corrected chi connectivity index (χ1v) is 6.69. The second-order valence-corrected chi connectivity index (χ2v) is 6.09. The van der Waals surface area contributed by atoms with Crippen LogP contribution in [0.15, 0.2) is 18.2 Å². The number of hydrogen-bond acceptors (Lipinski definition) is 4. The van der Waals surface area contributed by atoms with Crippen molar-refractivity contribution in [2.75, 3.05) is 0 Å². The van der Waals surface area contributed by atoms with Gasteiger partial charge >= 0.3 is 5.97 Å².